The molecule has 0 saturated carbocycles. The Hall–Kier alpha value is -4.10. The van der Waals surface area contributed by atoms with E-state index in [2.05, 4.69) is 16.8 Å². The van der Waals surface area contributed by atoms with E-state index in [1.54, 1.807) is 6.92 Å². The molecule has 0 aliphatic carbocycles. The molecule has 0 aliphatic heterocycles. The van der Waals surface area contributed by atoms with Crippen LogP contribution in [0.25, 0.3) is 15.2 Å². The van der Waals surface area contributed by atoms with Gasteiger partial charge in [0.1, 0.15) is 33.0 Å². The average Bonchev–Trinajstić information content (AvgIpc) is 3.61. The molecule has 42 heavy (non-hydrogen) atoms. The highest BCUT2D eigenvalue weighted by atomic mass is 32.1. The average molecular weight is 600 g/mol. The lowest BCUT2D eigenvalue weighted by molar-refractivity contribution is -0.153. The Balaban J connectivity index is 2.00. The molecule has 0 unspecified atom stereocenters. The Labute approximate surface area is 245 Å². The van der Waals surface area contributed by atoms with Gasteiger partial charge in [0.15, 0.2) is 0 Å². The van der Waals surface area contributed by atoms with Gasteiger partial charge in [0.2, 0.25) is 0 Å². The van der Waals surface area contributed by atoms with Crippen LogP contribution in [0.4, 0.5) is 4.39 Å². The third-order valence-corrected chi connectivity index (χ3v) is 8.16. The van der Waals surface area contributed by atoms with E-state index in [-0.39, 0.29) is 25.1 Å². The number of halogens is 1. The second kappa shape index (κ2) is 12.8. The number of aromatic nitrogens is 5. The second-order valence-corrected chi connectivity index (χ2v) is 11.1. The number of rotatable bonds is 13. The van der Waals surface area contributed by atoms with E-state index in [1.807, 2.05) is 6.92 Å². The van der Waals surface area contributed by atoms with Crippen molar-refractivity contribution in [2.75, 3.05) is 20.3 Å². The minimum atomic E-state index is -1.65. The molecule has 13 heteroatoms. The molecule has 11 nitrogen and oxygen atoms in total. The van der Waals surface area contributed by atoms with Crippen LogP contribution >= 0.6 is 11.3 Å². The van der Waals surface area contributed by atoms with Crippen LogP contribution in [0.2, 0.25) is 0 Å². The van der Waals surface area contributed by atoms with Crippen LogP contribution < -0.4 is 16.0 Å². The van der Waals surface area contributed by atoms with Gasteiger partial charge in [-0.3, -0.25) is 9.36 Å². The number of hydrogen-bond acceptors (Lipinski definition) is 9. The molecule has 224 valence electrons. The van der Waals surface area contributed by atoms with Gasteiger partial charge in [-0.15, -0.1) is 11.4 Å². The molecule has 1 aromatic carbocycles. The highest BCUT2D eigenvalue weighted by molar-refractivity contribution is 7.21. The minimum absolute atomic E-state index is 0.0863. The van der Waals surface area contributed by atoms with Crippen molar-refractivity contribution < 1.29 is 23.4 Å². The summed E-state index contributed by atoms with van der Waals surface area (Å²) in [5.74, 6) is -0.878. The first-order chi connectivity index (χ1) is 20.1. The smallest absolute Gasteiger partial charge is 0.333 e. The fourth-order valence-corrected chi connectivity index (χ4v) is 5.84. The first-order valence-corrected chi connectivity index (χ1v) is 14.3. The quantitative estimate of drug-likeness (QED) is 0.127. The largest absolute Gasteiger partial charge is 0.496 e. The lowest BCUT2D eigenvalue weighted by Gasteiger charge is -2.27. The van der Waals surface area contributed by atoms with Crippen LogP contribution in [-0.2, 0) is 26.4 Å². The van der Waals surface area contributed by atoms with Crippen molar-refractivity contribution in [3.8, 4) is 10.8 Å². The number of nitrogens with zero attached hydrogens (tertiary/aromatic N) is 5. The van der Waals surface area contributed by atoms with Gasteiger partial charge in [-0.05, 0) is 45.4 Å². The van der Waals surface area contributed by atoms with Gasteiger partial charge in [0, 0.05) is 11.1 Å². The number of thiophene rings is 1. The molecule has 0 bridgehead atoms. The van der Waals surface area contributed by atoms with E-state index in [0.717, 1.165) is 22.3 Å². The minimum Gasteiger partial charge on any atom is -0.496 e. The maximum Gasteiger partial charge on any atom is 0.333 e. The molecule has 0 radical (unpaired) electrons. The molecule has 0 saturated heterocycles. The predicted octanol–water partition coefficient (Wildman–Crippen LogP) is 4.28. The standard InChI is InChI=1S/C29H34FN5O6S/c1-7-9-15-41-27(37)29(4,5)34-24(36)23-18(3)25(35-31-12-13-32-35)42-26(23)33(28(34)38)17-22(40-14-8-2)20-16-19(30)10-11-21(20)39-6/h8,10-13,16,22H,2,7,9,14-15,17H2,1,3-6H3/t22-/m1/s1. The number of fused-ring (bicyclic) bond motifs is 1. The van der Waals surface area contributed by atoms with Crippen molar-refractivity contribution >= 4 is 27.5 Å². The fraction of sp³-hybridized carbons (Fsp3) is 0.414. The molecular weight excluding hydrogens is 565 g/mol. The summed E-state index contributed by atoms with van der Waals surface area (Å²) in [5.41, 5.74) is -2.17. The number of benzene rings is 1. The Morgan fingerprint density at radius 1 is 1.24 bits per heavy atom. The predicted molar refractivity (Wildman–Crippen MR) is 157 cm³/mol. The molecule has 0 fully saturated rings. The summed E-state index contributed by atoms with van der Waals surface area (Å²) in [6, 6.07) is 4.01. The number of unbranched alkanes of at least 4 members (excludes halogenated alkanes) is 1. The zero-order valence-electron chi connectivity index (χ0n) is 24.3. The van der Waals surface area contributed by atoms with E-state index >= 15 is 0 Å². The van der Waals surface area contributed by atoms with Crippen LogP contribution in [0.5, 0.6) is 5.75 Å². The third kappa shape index (κ3) is 5.79. The van der Waals surface area contributed by atoms with Gasteiger partial charge >= 0.3 is 11.7 Å². The molecule has 3 aromatic heterocycles. The summed E-state index contributed by atoms with van der Waals surface area (Å²) < 4.78 is 33.6. The first-order valence-electron chi connectivity index (χ1n) is 13.5. The topological polar surface area (TPSA) is 119 Å². The first kappa shape index (κ1) is 30.8. The third-order valence-electron chi connectivity index (χ3n) is 6.88. The van der Waals surface area contributed by atoms with Gasteiger partial charge in [-0.25, -0.2) is 18.5 Å². The van der Waals surface area contributed by atoms with Gasteiger partial charge in [0.05, 0.1) is 44.6 Å². The highest BCUT2D eigenvalue weighted by Crippen LogP contribution is 2.34. The summed E-state index contributed by atoms with van der Waals surface area (Å²) in [5, 5.41) is 9.14. The van der Waals surface area contributed by atoms with Gasteiger partial charge in [0.25, 0.3) is 5.56 Å². The van der Waals surface area contributed by atoms with Crippen molar-refractivity contribution in [1.82, 2.24) is 24.1 Å². The number of carbonyl (C=O) groups is 1. The Bertz CT molecular complexity index is 1710. The molecule has 1 atom stereocenters. The number of esters is 1. The van der Waals surface area contributed by atoms with Gasteiger partial charge in [-0.2, -0.15) is 10.2 Å². The summed E-state index contributed by atoms with van der Waals surface area (Å²) in [4.78, 5) is 43.2. The van der Waals surface area contributed by atoms with Crippen LogP contribution in [0.3, 0.4) is 0 Å². The van der Waals surface area contributed by atoms with Crippen molar-refractivity contribution in [3.63, 3.8) is 0 Å². The fourth-order valence-electron chi connectivity index (χ4n) is 4.62. The monoisotopic (exact) mass is 599 g/mol. The van der Waals surface area contributed by atoms with E-state index < -0.39 is 34.7 Å². The van der Waals surface area contributed by atoms with Crippen molar-refractivity contribution in [2.45, 2.75) is 58.7 Å². The Kier molecular flexibility index (Phi) is 9.42. The van der Waals surface area contributed by atoms with E-state index in [9.17, 15) is 18.8 Å². The number of aryl methyl sites for hydroxylation is 1. The van der Waals surface area contributed by atoms with Gasteiger partial charge in [-0.1, -0.05) is 30.8 Å². The zero-order chi connectivity index (χ0) is 30.6. The summed E-state index contributed by atoms with van der Waals surface area (Å²) in [6.07, 6.45) is 5.08. The van der Waals surface area contributed by atoms with Crippen LogP contribution in [-0.4, -0.2) is 50.4 Å². The number of methoxy groups -OCH3 is 1. The summed E-state index contributed by atoms with van der Waals surface area (Å²) >= 11 is 1.15. The Morgan fingerprint density at radius 2 is 1.95 bits per heavy atom. The van der Waals surface area contributed by atoms with Gasteiger partial charge < -0.3 is 14.2 Å². The molecule has 0 aliphatic rings. The van der Waals surface area contributed by atoms with Crippen LogP contribution in [0.1, 0.15) is 50.8 Å². The molecule has 0 N–H and O–H groups in total. The number of hydrogen-bond donors (Lipinski definition) is 0. The molecule has 0 spiro atoms. The summed E-state index contributed by atoms with van der Waals surface area (Å²) in [6.45, 7) is 10.4. The maximum absolute atomic E-state index is 14.4. The molecule has 0 amide bonds. The lowest BCUT2D eigenvalue weighted by atomic mass is 10.0. The molecule has 4 aromatic rings. The Morgan fingerprint density at radius 3 is 2.60 bits per heavy atom. The van der Waals surface area contributed by atoms with Crippen molar-refractivity contribution in [2.24, 2.45) is 0 Å². The zero-order valence-corrected chi connectivity index (χ0v) is 25.1. The van der Waals surface area contributed by atoms with E-state index in [0.29, 0.717) is 33.1 Å². The molecule has 3 heterocycles. The van der Waals surface area contributed by atoms with E-state index in [1.165, 1.54) is 67.0 Å². The lowest BCUT2D eigenvalue weighted by Crippen LogP contribution is -2.53. The molecular formula is C29H34FN5O6S. The number of carbonyl (C=O) groups excluding carboxylic acids is 1. The second-order valence-electron chi connectivity index (χ2n) is 10.1. The normalized spacial score (nSPS) is 12.4. The van der Waals surface area contributed by atoms with Crippen molar-refractivity contribution in [3.05, 3.63) is 81.0 Å². The maximum atomic E-state index is 14.4. The van der Waals surface area contributed by atoms with Crippen LogP contribution in [0.15, 0.2) is 52.8 Å². The van der Waals surface area contributed by atoms with Crippen LogP contribution in [0, 0.1) is 12.7 Å². The highest BCUT2D eigenvalue weighted by Gasteiger charge is 2.37. The SMILES string of the molecule is C=CCO[C@H](Cn1c(=O)n(C(C)(C)C(=O)OCCCC)c(=O)c2c(C)c(-n3nccn3)sc21)c1cc(F)ccc1OC. The van der Waals surface area contributed by atoms with Crippen molar-refractivity contribution in [1.29, 1.82) is 0 Å². The molecule has 4 rings (SSSR count). The van der Waals surface area contributed by atoms with E-state index in [4.69, 9.17) is 14.2 Å². The summed E-state index contributed by atoms with van der Waals surface area (Å²) in [7, 11) is 1.45. The number of ether oxygens (including phenoxy) is 3.